The molecule has 0 saturated carbocycles. The van der Waals surface area contributed by atoms with Crippen LogP contribution in [0.2, 0.25) is 5.02 Å². The lowest BCUT2D eigenvalue weighted by Gasteiger charge is -2.30. The third-order valence-electron chi connectivity index (χ3n) is 4.08. The number of carbonyl (C=O) groups excluding carboxylic acids is 1. The second-order valence-electron chi connectivity index (χ2n) is 5.64. The predicted octanol–water partition coefficient (Wildman–Crippen LogP) is 2.00. The van der Waals surface area contributed by atoms with Gasteiger partial charge in [-0.25, -0.2) is 0 Å². The summed E-state index contributed by atoms with van der Waals surface area (Å²) in [5.41, 5.74) is 0.522. The van der Waals surface area contributed by atoms with Gasteiger partial charge in [0.1, 0.15) is 11.5 Å². The van der Waals surface area contributed by atoms with Crippen LogP contribution in [0.4, 0.5) is 5.69 Å². The minimum Gasteiger partial charge on any atom is -0.495 e. The fourth-order valence-electron chi connectivity index (χ4n) is 2.68. The van der Waals surface area contributed by atoms with Crippen molar-refractivity contribution in [2.45, 2.75) is 12.8 Å². The number of hydrogen-bond acceptors (Lipinski definition) is 5. The van der Waals surface area contributed by atoms with E-state index >= 15 is 0 Å². The van der Waals surface area contributed by atoms with Crippen LogP contribution in [0.3, 0.4) is 0 Å². The van der Waals surface area contributed by atoms with Crippen LogP contribution in [0.1, 0.15) is 12.8 Å². The third-order valence-corrected chi connectivity index (χ3v) is 4.38. The second-order valence-corrected chi connectivity index (χ2v) is 6.04. The largest absolute Gasteiger partial charge is 0.495 e. The van der Waals surface area contributed by atoms with Gasteiger partial charge in [0.25, 0.3) is 0 Å². The Morgan fingerprint density at radius 3 is 2.52 bits per heavy atom. The average molecular weight is 343 g/mol. The van der Waals surface area contributed by atoms with E-state index in [1.807, 2.05) is 0 Å². The molecule has 128 valence electrons. The maximum absolute atomic E-state index is 12.2. The molecule has 1 aliphatic heterocycles. The summed E-state index contributed by atoms with van der Waals surface area (Å²) >= 11 is 6.10. The highest BCUT2D eigenvalue weighted by atomic mass is 35.5. The van der Waals surface area contributed by atoms with Crippen molar-refractivity contribution >= 4 is 23.2 Å². The van der Waals surface area contributed by atoms with E-state index in [9.17, 15) is 4.79 Å². The molecule has 1 aromatic rings. The lowest BCUT2D eigenvalue weighted by molar-refractivity contribution is -0.117. The Balaban J connectivity index is 1.96. The molecular formula is C16H23ClN2O4. The van der Waals surface area contributed by atoms with Gasteiger partial charge in [0.05, 0.1) is 31.5 Å². The molecule has 1 heterocycles. The van der Waals surface area contributed by atoms with Gasteiger partial charge in [-0.15, -0.1) is 0 Å². The molecule has 0 bridgehead atoms. The molecule has 1 amide bonds. The van der Waals surface area contributed by atoms with Crippen LogP contribution < -0.4 is 14.8 Å². The molecule has 23 heavy (non-hydrogen) atoms. The monoisotopic (exact) mass is 342 g/mol. The standard InChI is InChI=1S/C16H23ClN2O4/c1-22-14-8-15(23-2)13(7-12(14)17)18-16(21)9-19-5-3-11(10-20)4-6-19/h7-8,11,20H,3-6,9-10H2,1-2H3,(H,18,21). The Hall–Kier alpha value is -1.50. The Labute approximate surface area is 141 Å². The molecule has 1 aromatic carbocycles. The number of carbonyl (C=O) groups is 1. The van der Waals surface area contributed by atoms with E-state index < -0.39 is 0 Å². The Morgan fingerprint density at radius 2 is 1.96 bits per heavy atom. The lowest BCUT2D eigenvalue weighted by atomic mass is 9.98. The van der Waals surface area contributed by atoms with Crippen molar-refractivity contribution in [1.82, 2.24) is 4.90 Å². The minimum atomic E-state index is -0.119. The summed E-state index contributed by atoms with van der Waals surface area (Å²) in [6.07, 6.45) is 1.84. The van der Waals surface area contributed by atoms with Crippen LogP contribution >= 0.6 is 11.6 Å². The van der Waals surface area contributed by atoms with Gasteiger partial charge >= 0.3 is 0 Å². The maximum Gasteiger partial charge on any atom is 0.238 e. The van der Waals surface area contributed by atoms with E-state index in [0.717, 1.165) is 25.9 Å². The van der Waals surface area contributed by atoms with Crippen molar-refractivity contribution in [3.8, 4) is 11.5 Å². The number of rotatable bonds is 6. The Bertz CT molecular complexity index is 545. The summed E-state index contributed by atoms with van der Waals surface area (Å²) in [6.45, 7) is 2.17. The number of aliphatic hydroxyl groups excluding tert-OH is 1. The van der Waals surface area contributed by atoms with Crippen molar-refractivity contribution < 1.29 is 19.4 Å². The van der Waals surface area contributed by atoms with E-state index in [1.54, 1.807) is 12.1 Å². The number of methoxy groups -OCH3 is 2. The van der Waals surface area contributed by atoms with Gasteiger partial charge in [-0.05, 0) is 37.9 Å². The number of anilines is 1. The van der Waals surface area contributed by atoms with Crippen LogP contribution in [0.25, 0.3) is 0 Å². The van der Waals surface area contributed by atoms with Crippen LogP contribution in [-0.4, -0.2) is 56.4 Å². The molecule has 7 heteroatoms. The fourth-order valence-corrected chi connectivity index (χ4v) is 2.92. The SMILES string of the molecule is COc1cc(OC)c(NC(=O)CN2CCC(CO)CC2)cc1Cl. The van der Waals surface area contributed by atoms with Crippen molar-refractivity contribution in [1.29, 1.82) is 0 Å². The molecule has 2 N–H and O–H groups in total. The molecule has 0 aliphatic carbocycles. The number of halogens is 1. The van der Waals surface area contributed by atoms with Crippen LogP contribution in [0, 0.1) is 5.92 Å². The highest BCUT2D eigenvalue weighted by Crippen LogP contribution is 2.35. The van der Waals surface area contributed by atoms with Gasteiger partial charge in [0.15, 0.2) is 0 Å². The van der Waals surface area contributed by atoms with Gasteiger partial charge < -0.3 is 19.9 Å². The number of nitrogens with one attached hydrogen (secondary N) is 1. The van der Waals surface area contributed by atoms with E-state index in [4.69, 9.17) is 26.2 Å². The van der Waals surface area contributed by atoms with Gasteiger partial charge in [0, 0.05) is 12.7 Å². The molecule has 0 atom stereocenters. The van der Waals surface area contributed by atoms with E-state index in [-0.39, 0.29) is 12.5 Å². The van der Waals surface area contributed by atoms with Crippen molar-refractivity contribution in [2.75, 3.05) is 45.8 Å². The number of aliphatic hydroxyl groups is 1. The minimum absolute atomic E-state index is 0.119. The predicted molar refractivity (Wildman–Crippen MR) is 89.4 cm³/mol. The first-order valence-corrected chi connectivity index (χ1v) is 7.99. The number of piperidine rings is 1. The molecule has 0 aromatic heterocycles. The van der Waals surface area contributed by atoms with Gasteiger partial charge in [0.2, 0.25) is 5.91 Å². The number of likely N-dealkylation sites (tertiary alicyclic amines) is 1. The number of benzene rings is 1. The van der Waals surface area contributed by atoms with Gasteiger partial charge in [-0.1, -0.05) is 11.6 Å². The quantitative estimate of drug-likeness (QED) is 0.827. The molecule has 0 spiro atoms. The van der Waals surface area contributed by atoms with Crippen molar-refractivity contribution in [2.24, 2.45) is 5.92 Å². The van der Waals surface area contributed by atoms with E-state index in [1.165, 1.54) is 14.2 Å². The zero-order chi connectivity index (χ0) is 16.8. The first-order valence-electron chi connectivity index (χ1n) is 7.62. The smallest absolute Gasteiger partial charge is 0.238 e. The summed E-state index contributed by atoms with van der Waals surface area (Å²) in [5.74, 6) is 1.23. The lowest BCUT2D eigenvalue weighted by Crippen LogP contribution is -2.39. The Morgan fingerprint density at radius 1 is 1.30 bits per heavy atom. The van der Waals surface area contributed by atoms with Crippen LogP contribution in [0.5, 0.6) is 11.5 Å². The van der Waals surface area contributed by atoms with E-state index in [0.29, 0.717) is 34.7 Å². The zero-order valence-electron chi connectivity index (χ0n) is 13.5. The molecule has 6 nitrogen and oxygen atoms in total. The summed E-state index contributed by atoms with van der Waals surface area (Å²) in [6, 6.07) is 3.26. The highest BCUT2D eigenvalue weighted by Gasteiger charge is 2.21. The second kappa shape index (κ2) is 8.38. The first-order chi connectivity index (χ1) is 11.1. The number of amides is 1. The van der Waals surface area contributed by atoms with Crippen LogP contribution in [-0.2, 0) is 4.79 Å². The topological polar surface area (TPSA) is 71.0 Å². The number of hydrogen-bond donors (Lipinski definition) is 2. The number of nitrogens with zero attached hydrogens (tertiary/aromatic N) is 1. The molecule has 1 saturated heterocycles. The number of ether oxygens (including phenoxy) is 2. The highest BCUT2D eigenvalue weighted by molar-refractivity contribution is 6.32. The summed E-state index contributed by atoms with van der Waals surface area (Å²) in [5, 5.41) is 12.4. The summed E-state index contributed by atoms with van der Waals surface area (Å²) < 4.78 is 10.4. The van der Waals surface area contributed by atoms with Gasteiger partial charge in [-0.2, -0.15) is 0 Å². The average Bonchev–Trinajstić information content (AvgIpc) is 2.55. The normalized spacial score (nSPS) is 16.2. The summed E-state index contributed by atoms with van der Waals surface area (Å²) in [4.78, 5) is 14.3. The fraction of sp³-hybridized carbons (Fsp3) is 0.562. The molecule has 1 aliphatic rings. The first kappa shape index (κ1) is 17.8. The van der Waals surface area contributed by atoms with Gasteiger partial charge in [-0.3, -0.25) is 9.69 Å². The molecule has 0 unspecified atom stereocenters. The van der Waals surface area contributed by atoms with E-state index in [2.05, 4.69) is 10.2 Å². The molecule has 1 fully saturated rings. The summed E-state index contributed by atoms with van der Waals surface area (Å²) in [7, 11) is 3.05. The molecule has 0 radical (unpaired) electrons. The maximum atomic E-state index is 12.2. The molecule has 2 rings (SSSR count). The zero-order valence-corrected chi connectivity index (χ0v) is 14.2. The van der Waals surface area contributed by atoms with Crippen molar-refractivity contribution in [3.63, 3.8) is 0 Å². The van der Waals surface area contributed by atoms with Crippen LogP contribution in [0.15, 0.2) is 12.1 Å². The van der Waals surface area contributed by atoms with Crippen molar-refractivity contribution in [3.05, 3.63) is 17.2 Å². The molecular weight excluding hydrogens is 320 g/mol. The Kier molecular flexibility index (Phi) is 6.50. The third kappa shape index (κ3) is 4.73.